The third-order valence-corrected chi connectivity index (χ3v) is 4.81. The van der Waals surface area contributed by atoms with E-state index in [1.807, 2.05) is 11.8 Å². The van der Waals surface area contributed by atoms with E-state index < -0.39 is 0 Å². The van der Waals surface area contributed by atoms with Crippen LogP contribution in [0.15, 0.2) is 29.2 Å². The molecular formula is C16H25NOS. The van der Waals surface area contributed by atoms with Gasteiger partial charge in [-0.25, -0.2) is 0 Å². The molecule has 1 aliphatic heterocycles. The molecule has 0 bridgehead atoms. The SMILES string of the molecule is Cc1ccc(S[C@@H](C)CN(C)C2CCOCC2)cc1. The van der Waals surface area contributed by atoms with Crippen molar-refractivity contribution in [3.05, 3.63) is 29.8 Å². The van der Waals surface area contributed by atoms with Gasteiger partial charge in [0.1, 0.15) is 0 Å². The highest BCUT2D eigenvalue weighted by Gasteiger charge is 2.20. The number of aryl methyl sites for hydroxylation is 1. The summed E-state index contributed by atoms with van der Waals surface area (Å²) in [4.78, 5) is 3.88. The zero-order chi connectivity index (χ0) is 13.7. The first-order valence-electron chi connectivity index (χ1n) is 7.16. The van der Waals surface area contributed by atoms with Gasteiger partial charge in [-0.2, -0.15) is 0 Å². The van der Waals surface area contributed by atoms with E-state index in [0.29, 0.717) is 11.3 Å². The molecule has 0 saturated carbocycles. The minimum Gasteiger partial charge on any atom is -0.381 e. The summed E-state index contributed by atoms with van der Waals surface area (Å²) >= 11 is 1.97. The highest BCUT2D eigenvalue weighted by atomic mass is 32.2. The second-order valence-corrected chi connectivity index (χ2v) is 7.04. The zero-order valence-corrected chi connectivity index (χ0v) is 13.1. The van der Waals surface area contributed by atoms with Crippen molar-refractivity contribution < 1.29 is 4.74 Å². The highest BCUT2D eigenvalue weighted by molar-refractivity contribution is 8.00. The number of ether oxygens (including phenoxy) is 1. The average molecular weight is 279 g/mol. The van der Waals surface area contributed by atoms with E-state index in [0.717, 1.165) is 19.8 Å². The summed E-state index contributed by atoms with van der Waals surface area (Å²) in [6.07, 6.45) is 2.36. The van der Waals surface area contributed by atoms with Crippen molar-refractivity contribution >= 4 is 11.8 Å². The third-order valence-electron chi connectivity index (χ3n) is 3.72. The molecule has 19 heavy (non-hydrogen) atoms. The maximum atomic E-state index is 5.43. The molecule has 0 amide bonds. The van der Waals surface area contributed by atoms with Crippen LogP contribution < -0.4 is 0 Å². The minimum absolute atomic E-state index is 0.621. The molecule has 0 aliphatic carbocycles. The maximum Gasteiger partial charge on any atom is 0.0480 e. The molecule has 1 aromatic rings. The van der Waals surface area contributed by atoms with Crippen LogP contribution in [0.1, 0.15) is 25.3 Å². The molecule has 1 heterocycles. The molecule has 106 valence electrons. The first-order chi connectivity index (χ1) is 9.15. The van der Waals surface area contributed by atoms with Crippen LogP contribution in [-0.2, 0) is 4.74 Å². The summed E-state index contributed by atoms with van der Waals surface area (Å²) in [6.45, 7) is 7.45. The molecule has 0 spiro atoms. The summed E-state index contributed by atoms with van der Waals surface area (Å²) in [6, 6.07) is 9.54. The number of hydrogen-bond donors (Lipinski definition) is 0. The minimum atomic E-state index is 0.621. The van der Waals surface area contributed by atoms with Gasteiger partial charge in [0, 0.05) is 35.9 Å². The Bertz CT molecular complexity index is 373. The van der Waals surface area contributed by atoms with Gasteiger partial charge in [0.25, 0.3) is 0 Å². The Balaban J connectivity index is 1.79. The largest absolute Gasteiger partial charge is 0.381 e. The number of thioether (sulfide) groups is 1. The lowest BCUT2D eigenvalue weighted by Crippen LogP contribution is -2.39. The molecule has 0 radical (unpaired) electrons. The molecule has 1 fully saturated rings. The molecule has 1 aromatic carbocycles. The van der Waals surface area contributed by atoms with Crippen molar-refractivity contribution in [3.8, 4) is 0 Å². The van der Waals surface area contributed by atoms with Crippen LogP contribution in [0.25, 0.3) is 0 Å². The molecule has 0 N–H and O–H groups in total. The van der Waals surface area contributed by atoms with Crippen LogP contribution in [0.4, 0.5) is 0 Å². The van der Waals surface area contributed by atoms with Gasteiger partial charge >= 0.3 is 0 Å². The van der Waals surface area contributed by atoms with Crippen molar-refractivity contribution in [1.82, 2.24) is 4.90 Å². The van der Waals surface area contributed by atoms with Crippen molar-refractivity contribution in [3.63, 3.8) is 0 Å². The lowest BCUT2D eigenvalue weighted by Gasteiger charge is -2.32. The second-order valence-electron chi connectivity index (χ2n) is 5.52. The van der Waals surface area contributed by atoms with Crippen LogP contribution in [0.5, 0.6) is 0 Å². The van der Waals surface area contributed by atoms with Crippen LogP contribution in [-0.4, -0.2) is 43.0 Å². The molecule has 0 unspecified atom stereocenters. The van der Waals surface area contributed by atoms with Gasteiger partial charge in [0.2, 0.25) is 0 Å². The highest BCUT2D eigenvalue weighted by Crippen LogP contribution is 2.25. The Morgan fingerprint density at radius 2 is 1.89 bits per heavy atom. The predicted molar refractivity (Wildman–Crippen MR) is 83.0 cm³/mol. The van der Waals surface area contributed by atoms with Gasteiger partial charge in [0.05, 0.1) is 0 Å². The summed E-state index contributed by atoms with van der Waals surface area (Å²) in [5, 5.41) is 0.621. The van der Waals surface area contributed by atoms with Crippen LogP contribution in [0.2, 0.25) is 0 Å². The summed E-state index contributed by atoms with van der Waals surface area (Å²) in [7, 11) is 2.25. The predicted octanol–water partition coefficient (Wildman–Crippen LogP) is 3.59. The zero-order valence-electron chi connectivity index (χ0n) is 12.3. The van der Waals surface area contributed by atoms with Crippen LogP contribution in [0.3, 0.4) is 0 Å². The molecule has 1 saturated heterocycles. The van der Waals surface area contributed by atoms with Gasteiger partial charge in [-0.05, 0) is 38.9 Å². The van der Waals surface area contributed by atoms with E-state index in [4.69, 9.17) is 4.74 Å². The first-order valence-corrected chi connectivity index (χ1v) is 8.04. The average Bonchev–Trinajstić information content (AvgIpc) is 2.42. The molecular weight excluding hydrogens is 254 g/mol. The number of hydrogen-bond acceptors (Lipinski definition) is 3. The fourth-order valence-corrected chi connectivity index (χ4v) is 3.63. The lowest BCUT2D eigenvalue weighted by atomic mass is 10.1. The van der Waals surface area contributed by atoms with E-state index in [1.165, 1.54) is 23.3 Å². The van der Waals surface area contributed by atoms with Crippen molar-refractivity contribution in [2.24, 2.45) is 0 Å². The first kappa shape index (κ1) is 14.9. The third kappa shape index (κ3) is 4.83. The Kier molecular flexibility index (Phi) is 5.74. The topological polar surface area (TPSA) is 12.5 Å². The van der Waals surface area contributed by atoms with Gasteiger partial charge in [-0.15, -0.1) is 11.8 Å². The van der Waals surface area contributed by atoms with Crippen molar-refractivity contribution in [1.29, 1.82) is 0 Å². The van der Waals surface area contributed by atoms with Gasteiger partial charge < -0.3 is 9.64 Å². The van der Waals surface area contributed by atoms with E-state index in [2.05, 4.69) is 50.1 Å². The fourth-order valence-electron chi connectivity index (χ4n) is 2.57. The molecule has 2 nitrogen and oxygen atoms in total. The van der Waals surface area contributed by atoms with Crippen LogP contribution >= 0.6 is 11.8 Å². The Morgan fingerprint density at radius 3 is 2.53 bits per heavy atom. The number of rotatable bonds is 5. The molecule has 2 rings (SSSR count). The summed E-state index contributed by atoms with van der Waals surface area (Å²) in [5.41, 5.74) is 1.33. The normalized spacial score (nSPS) is 18.7. The van der Waals surface area contributed by atoms with Crippen molar-refractivity contribution in [2.75, 3.05) is 26.8 Å². The standard InChI is InChI=1S/C16H25NOS/c1-13-4-6-16(7-5-13)19-14(2)12-17(3)15-8-10-18-11-9-15/h4-7,14-15H,8-12H2,1-3H3/t14-/m0/s1. The number of benzene rings is 1. The maximum absolute atomic E-state index is 5.43. The second kappa shape index (κ2) is 7.32. The van der Waals surface area contributed by atoms with E-state index in [-0.39, 0.29) is 0 Å². The monoisotopic (exact) mass is 279 g/mol. The van der Waals surface area contributed by atoms with E-state index >= 15 is 0 Å². The Labute approximate surface area is 121 Å². The molecule has 1 atom stereocenters. The Morgan fingerprint density at radius 1 is 1.26 bits per heavy atom. The molecule has 3 heteroatoms. The Hall–Kier alpha value is -0.510. The lowest BCUT2D eigenvalue weighted by molar-refractivity contribution is 0.0435. The summed E-state index contributed by atoms with van der Waals surface area (Å²) < 4.78 is 5.43. The smallest absolute Gasteiger partial charge is 0.0480 e. The number of nitrogens with zero attached hydrogens (tertiary/aromatic N) is 1. The quantitative estimate of drug-likeness (QED) is 0.764. The summed E-state index contributed by atoms with van der Waals surface area (Å²) in [5.74, 6) is 0. The van der Waals surface area contributed by atoms with Gasteiger partial charge in [-0.1, -0.05) is 24.6 Å². The fraction of sp³-hybridized carbons (Fsp3) is 0.625. The van der Waals surface area contributed by atoms with E-state index in [1.54, 1.807) is 0 Å². The molecule has 1 aliphatic rings. The molecule has 0 aromatic heterocycles. The van der Waals surface area contributed by atoms with E-state index in [9.17, 15) is 0 Å². The van der Waals surface area contributed by atoms with Crippen LogP contribution in [0, 0.1) is 6.92 Å². The van der Waals surface area contributed by atoms with Gasteiger partial charge in [-0.3, -0.25) is 0 Å². The van der Waals surface area contributed by atoms with Gasteiger partial charge in [0.15, 0.2) is 0 Å². The van der Waals surface area contributed by atoms with Crippen molar-refractivity contribution in [2.45, 2.75) is 42.9 Å².